The molecular weight excluding hydrogens is 337 g/mol. The lowest BCUT2D eigenvalue weighted by Gasteiger charge is -2.13. The van der Waals surface area contributed by atoms with E-state index in [1.165, 1.54) is 16.7 Å². The third-order valence-corrected chi connectivity index (χ3v) is 4.47. The van der Waals surface area contributed by atoms with E-state index in [4.69, 9.17) is 34.8 Å². The molecule has 0 amide bonds. The first-order valence-corrected chi connectivity index (χ1v) is 8.18. The zero-order valence-electron chi connectivity index (χ0n) is 13.0. The predicted molar refractivity (Wildman–Crippen MR) is 98.1 cm³/mol. The molecule has 4 heteroatoms. The van der Waals surface area contributed by atoms with Gasteiger partial charge in [-0.15, -0.1) is 0 Å². The Kier molecular flexibility index (Phi) is 5.55. The molecule has 1 unspecified atom stereocenters. The summed E-state index contributed by atoms with van der Waals surface area (Å²) in [5.41, 5.74) is 5.61. The standard InChI is InChI=1S/C18H18Cl3N/c1-10-5-11(2)15(12(3)6-10)9-22-13(4)18-16(20)7-14(19)8-17(18)21/h5-9,13H,1-4H3/b22-9-. The van der Waals surface area contributed by atoms with E-state index in [0.29, 0.717) is 15.1 Å². The molecule has 0 spiro atoms. The number of aryl methyl sites for hydroxylation is 3. The predicted octanol–water partition coefficient (Wildman–Crippen LogP) is 6.75. The van der Waals surface area contributed by atoms with Gasteiger partial charge in [0.2, 0.25) is 0 Å². The second kappa shape index (κ2) is 7.04. The molecule has 116 valence electrons. The van der Waals surface area contributed by atoms with Crippen LogP contribution in [0.15, 0.2) is 29.3 Å². The van der Waals surface area contributed by atoms with Gasteiger partial charge in [0.25, 0.3) is 0 Å². The third-order valence-electron chi connectivity index (χ3n) is 3.63. The maximum atomic E-state index is 6.25. The van der Waals surface area contributed by atoms with Crippen molar-refractivity contribution in [2.45, 2.75) is 33.7 Å². The van der Waals surface area contributed by atoms with Gasteiger partial charge >= 0.3 is 0 Å². The number of nitrogens with zero attached hydrogens (tertiary/aromatic N) is 1. The molecule has 2 aromatic rings. The van der Waals surface area contributed by atoms with Gasteiger partial charge in [0.1, 0.15) is 0 Å². The van der Waals surface area contributed by atoms with Crippen molar-refractivity contribution < 1.29 is 0 Å². The summed E-state index contributed by atoms with van der Waals surface area (Å²) >= 11 is 18.5. The quantitative estimate of drug-likeness (QED) is 0.540. The summed E-state index contributed by atoms with van der Waals surface area (Å²) in [6.07, 6.45) is 1.90. The Morgan fingerprint density at radius 2 is 1.41 bits per heavy atom. The van der Waals surface area contributed by atoms with Gasteiger partial charge in [-0.05, 0) is 56.5 Å². The lowest BCUT2D eigenvalue weighted by Crippen LogP contribution is -1.97. The Labute approximate surface area is 146 Å². The molecule has 2 rings (SSSR count). The molecule has 1 atom stereocenters. The molecule has 0 bridgehead atoms. The largest absolute Gasteiger partial charge is 0.285 e. The molecule has 0 N–H and O–H groups in total. The fraction of sp³-hybridized carbons (Fsp3) is 0.278. The molecule has 0 aliphatic rings. The SMILES string of the molecule is Cc1cc(C)c(/C=N\C(C)c2c(Cl)cc(Cl)cc2Cl)c(C)c1. The van der Waals surface area contributed by atoms with E-state index in [2.05, 4.69) is 37.9 Å². The second-order valence-electron chi connectivity index (χ2n) is 5.55. The highest BCUT2D eigenvalue weighted by Gasteiger charge is 2.14. The van der Waals surface area contributed by atoms with E-state index >= 15 is 0 Å². The molecule has 0 fully saturated rings. The molecular formula is C18H18Cl3N. The van der Waals surface area contributed by atoms with Crippen LogP contribution in [0.5, 0.6) is 0 Å². The maximum absolute atomic E-state index is 6.25. The third kappa shape index (κ3) is 3.84. The van der Waals surface area contributed by atoms with E-state index in [9.17, 15) is 0 Å². The van der Waals surface area contributed by atoms with Crippen molar-refractivity contribution in [2.75, 3.05) is 0 Å². The fourth-order valence-electron chi connectivity index (χ4n) is 2.61. The van der Waals surface area contributed by atoms with E-state index in [1.54, 1.807) is 12.1 Å². The Hall–Kier alpha value is -1.02. The van der Waals surface area contributed by atoms with Crippen molar-refractivity contribution in [3.8, 4) is 0 Å². The van der Waals surface area contributed by atoms with Gasteiger partial charge in [-0.3, -0.25) is 4.99 Å². The summed E-state index contributed by atoms with van der Waals surface area (Å²) < 4.78 is 0. The first-order valence-electron chi connectivity index (χ1n) is 7.05. The van der Waals surface area contributed by atoms with Crippen LogP contribution in [0.1, 0.15) is 40.8 Å². The highest BCUT2D eigenvalue weighted by Crippen LogP contribution is 2.35. The van der Waals surface area contributed by atoms with E-state index in [-0.39, 0.29) is 6.04 Å². The van der Waals surface area contributed by atoms with Crippen molar-refractivity contribution in [3.05, 3.63) is 67.2 Å². The van der Waals surface area contributed by atoms with Crippen LogP contribution >= 0.6 is 34.8 Å². The second-order valence-corrected chi connectivity index (χ2v) is 6.80. The fourth-order valence-corrected chi connectivity index (χ4v) is 3.74. The molecule has 22 heavy (non-hydrogen) atoms. The molecule has 0 aromatic heterocycles. The molecule has 0 saturated carbocycles. The zero-order chi connectivity index (χ0) is 16.4. The smallest absolute Gasteiger partial charge is 0.0750 e. The minimum atomic E-state index is -0.141. The van der Waals surface area contributed by atoms with Crippen molar-refractivity contribution >= 4 is 41.0 Å². The monoisotopic (exact) mass is 353 g/mol. The minimum Gasteiger partial charge on any atom is -0.285 e. The van der Waals surface area contributed by atoms with Gasteiger partial charge in [0.15, 0.2) is 0 Å². The molecule has 0 heterocycles. The van der Waals surface area contributed by atoms with Crippen LogP contribution in [-0.4, -0.2) is 6.21 Å². The summed E-state index contributed by atoms with van der Waals surface area (Å²) in [5.74, 6) is 0. The Bertz CT molecular complexity index is 689. The van der Waals surface area contributed by atoms with Crippen LogP contribution in [0.4, 0.5) is 0 Å². The Morgan fingerprint density at radius 1 is 0.909 bits per heavy atom. The van der Waals surface area contributed by atoms with Gasteiger partial charge in [-0.2, -0.15) is 0 Å². The lowest BCUT2D eigenvalue weighted by molar-refractivity contribution is 0.825. The van der Waals surface area contributed by atoms with Crippen LogP contribution < -0.4 is 0 Å². The van der Waals surface area contributed by atoms with Gasteiger partial charge in [0, 0.05) is 26.8 Å². The highest BCUT2D eigenvalue weighted by atomic mass is 35.5. The van der Waals surface area contributed by atoms with Crippen LogP contribution in [0.25, 0.3) is 0 Å². The number of benzene rings is 2. The number of hydrogen-bond donors (Lipinski definition) is 0. The first kappa shape index (κ1) is 17.3. The van der Waals surface area contributed by atoms with Gasteiger partial charge in [-0.25, -0.2) is 0 Å². The Balaban J connectivity index is 2.35. The topological polar surface area (TPSA) is 12.4 Å². The van der Waals surface area contributed by atoms with E-state index < -0.39 is 0 Å². The minimum absolute atomic E-state index is 0.141. The van der Waals surface area contributed by atoms with Crippen LogP contribution in [0.2, 0.25) is 15.1 Å². The number of halogens is 3. The Morgan fingerprint density at radius 3 is 1.91 bits per heavy atom. The molecule has 1 nitrogen and oxygen atoms in total. The number of rotatable bonds is 3. The highest BCUT2D eigenvalue weighted by molar-refractivity contribution is 6.39. The van der Waals surface area contributed by atoms with Crippen LogP contribution in [0.3, 0.4) is 0 Å². The van der Waals surface area contributed by atoms with Gasteiger partial charge in [-0.1, -0.05) is 52.5 Å². The molecule has 0 saturated heterocycles. The summed E-state index contributed by atoms with van der Waals surface area (Å²) in [5, 5.41) is 1.61. The summed E-state index contributed by atoms with van der Waals surface area (Å²) in [6, 6.07) is 7.55. The van der Waals surface area contributed by atoms with Crippen LogP contribution in [0, 0.1) is 20.8 Å². The average Bonchev–Trinajstić information content (AvgIpc) is 2.35. The number of aliphatic imine (C=N–C) groups is 1. The van der Waals surface area contributed by atoms with Crippen molar-refractivity contribution in [2.24, 2.45) is 4.99 Å². The average molecular weight is 355 g/mol. The lowest BCUT2D eigenvalue weighted by atomic mass is 10.0. The molecule has 2 aromatic carbocycles. The zero-order valence-corrected chi connectivity index (χ0v) is 15.3. The van der Waals surface area contributed by atoms with Crippen molar-refractivity contribution in [1.82, 2.24) is 0 Å². The van der Waals surface area contributed by atoms with E-state index in [1.807, 2.05) is 13.1 Å². The van der Waals surface area contributed by atoms with Crippen molar-refractivity contribution in [1.29, 1.82) is 0 Å². The number of hydrogen-bond acceptors (Lipinski definition) is 1. The van der Waals surface area contributed by atoms with Gasteiger partial charge in [0.05, 0.1) is 6.04 Å². The van der Waals surface area contributed by atoms with Gasteiger partial charge < -0.3 is 0 Å². The van der Waals surface area contributed by atoms with Crippen molar-refractivity contribution in [3.63, 3.8) is 0 Å². The molecule has 0 aliphatic carbocycles. The molecule has 0 radical (unpaired) electrons. The summed E-state index contributed by atoms with van der Waals surface area (Å²) in [4.78, 5) is 4.63. The normalized spacial score (nSPS) is 12.9. The summed E-state index contributed by atoms with van der Waals surface area (Å²) in [6.45, 7) is 8.25. The maximum Gasteiger partial charge on any atom is 0.0750 e. The van der Waals surface area contributed by atoms with Crippen LogP contribution in [-0.2, 0) is 0 Å². The molecule has 0 aliphatic heterocycles. The first-order chi connectivity index (χ1) is 10.3. The van der Waals surface area contributed by atoms with E-state index in [0.717, 1.165) is 11.1 Å². The summed E-state index contributed by atoms with van der Waals surface area (Å²) in [7, 11) is 0.